The molecule has 0 aliphatic rings. The second-order valence-electron chi connectivity index (χ2n) is 6.17. The van der Waals surface area contributed by atoms with Gasteiger partial charge in [0.1, 0.15) is 6.04 Å². The third-order valence-electron chi connectivity index (χ3n) is 4.04. The van der Waals surface area contributed by atoms with Crippen LogP contribution in [-0.2, 0) is 20.7 Å². The van der Waals surface area contributed by atoms with Crippen LogP contribution in [0.15, 0.2) is 30.3 Å². The highest BCUT2D eigenvalue weighted by molar-refractivity contribution is 5.81. The van der Waals surface area contributed by atoms with Crippen LogP contribution in [0.25, 0.3) is 0 Å². The molecule has 0 radical (unpaired) electrons. The van der Waals surface area contributed by atoms with Crippen LogP contribution in [0.2, 0.25) is 0 Å². The van der Waals surface area contributed by atoms with Crippen molar-refractivity contribution in [3.8, 4) is 0 Å². The van der Waals surface area contributed by atoms with Gasteiger partial charge in [-0.05, 0) is 12.0 Å². The number of rotatable bonds is 12. The topological polar surface area (TPSA) is 64.6 Å². The first-order valence-electron chi connectivity index (χ1n) is 9.22. The highest BCUT2D eigenvalue weighted by Gasteiger charge is 2.23. The fourth-order valence-corrected chi connectivity index (χ4v) is 2.58. The van der Waals surface area contributed by atoms with E-state index in [2.05, 4.69) is 17.0 Å². The van der Waals surface area contributed by atoms with E-state index >= 15 is 0 Å². The lowest BCUT2D eigenvalue weighted by atomic mass is 10.1. The predicted molar refractivity (Wildman–Crippen MR) is 98.4 cm³/mol. The summed E-state index contributed by atoms with van der Waals surface area (Å²) in [5.41, 5.74) is 0.955. The molecule has 5 nitrogen and oxygen atoms in total. The van der Waals surface area contributed by atoms with Crippen LogP contribution in [-0.4, -0.2) is 31.8 Å². The van der Waals surface area contributed by atoms with Crippen LogP contribution in [0, 0.1) is 0 Å². The minimum atomic E-state index is -0.737. The molecular formula is C20H31NO4. The van der Waals surface area contributed by atoms with Crippen LogP contribution in [0.4, 0.5) is 4.79 Å². The van der Waals surface area contributed by atoms with Gasteiger partial charge >= 0.3 is 12.1 Å². The van der Waals surface area contributed by atoms with E-state index in [9.17, 15) is 9.59 Å². The summed E-state index contributed by atoms with van der Waals surface area (Å²) >= 11 is 0. The van der Waals surface area contributed by atoms with Crippen LogP contribution in [0.1, 0.15) is 57.4 Å². The average Bonchev–Trinajstić information content (AvgIpc) is 2.63. The fourth-order valence-electron chi connectivity index (χ4n) is 2.58. The minimum absolute atomic E-state index is 0.381. The van der Waals surface area contributed by atoms with Crippen molar-refractivity contribution in [2.75, 3.05) is 13.7 Å². The summed E-state index contributed by atoms with van der Waals surface area (Å²) in [6.07, 6.45) is 7.88. The Morgan fingerprint density at radius 3 is 2.28 bits per heavy atom. The van der Waals surface area contributed by atoms with Gasteiger partial charge in [0.25, 0.3) is 0 Å². The SMILES string of the molecule is CCCCCCCCCOC(=O)C(Cc1ccccc1)NC(=O)OC. The third kappa shape index (κ3) is 9.75. The normalized spacial score (nSPS) is 11.6. The Morgan fingerprint density at radius 2 is 1.64 bits per heavy atom. The lowest BCUT2D eigenvalue weighted by Crippen LogP contribution is -2.43. The monoisotopic (exact) mass is 349 g/mol. The largest absolute Gasteiger partial charge is 0.464 e. The number of benzene rings is 1. The first-order valence-corrected chi connectivity index (χ1v) is 9.22. The molecule has 0 saturated heterocycles. The van der Waals surface area contributed by atoms with Gasteiger partial charge in [0.15, 0.2) is 0 Å². The van der Waals surface area contributed by atoms with Crippen molar-refractivity contribution in [3.63, 3.8) is 0 Å². The Kier molecular flexibility index (Phi) is 11.2. The number of ether oxygens (including phenoxy) is 2. The molecule has 1 rings (SSSR count). The second-order valence-corrected chi connectivity index (χ2v) is 6.17. The fraction of sp³-hybridized carbons (Fsp3) is 0.600. The summed E-state index contributed by atoms with van der Waals surface area (Å²) in [5.74, 6) is -0.416. The van der Waals surface area contributed by atoms with Crippen molar-refractivity contribution in [2.45, 2.75) is 64.3 Å². The predicted octanol–water partition coefficient (Wildman–Crippen LogP) is 4.25. The van der Waals surface area contributed by atoms with Crippen LogP contribution < -0.4 is 5.32 Å². The van der Waals surface area contributed by atoms with Crippen molar-refractivity contribution in [2.24, 2.45) is 0 Å². The highest BCUT2D eigenvalue weighted by atomic mass is 16.5. The molecule has 1 unspecified atom stereocenters. The molecule has 0 fully saturated rings. The van der Waals surface area contributed by atoms with Gasteiger partial charge in [0, 0.05) is 6.42 Å². The Morgan fingerprint density at radius 1 is 1.00 bits per heavy atom. The lowest BCUT2D eigenvalue weighted by molar-refractivity contribution is -0.146. The highest BCUT2D eigenvalue weighted by Crippen LogP contribution is 2.08. The molecule has 5 heteroatoms. The zero-order valence-corrected chi connectivity index (χ0v) is 15.5. The number of alkyl carbamates (subject to hydrolysis) is 1. The molecular weight excluding hydrogens is 318 g/mol. The lowest BCUT2D eigenvalue weighted by Gasteiger charge is -2.17. The zero-order chi connectivity index (χ0) is 18.3. The molecule has 1 aromatic carbocycles. The van der Waals surface area contributed by atoms with Gasteiger partial charge < -0.3 is 14.8 Å². The van der Waals surface area contributed by atoms with E-state index in [4.69, 9.17) is 4.74 Å². The molecule has 1 aromatic rings. The van der Waals surface area contributed by atoms with E-state index in [0.29, 0.717) is 13.0 Å². The first kappa shape index (κ1) is 21.0. The van der Waals surface area contributed by atoms with Gasteiger partial charge in [0.2, 0.25) is 0 Å². The molecule has 1 N–H and O–H groups in total. The number of hydrogen-bond acceptors (Lipinski definition) is 4. The Balaban J connectivity index is 2.35. The Labute approximate surface area is 151 Å². The summed E-state index contributed by atoms with van der Waals surface area (Å²) in [4.78, 5) is 23.8. The van der Waals surface area contributed by atoms with Crippen LogP contribution >= 0.6 is 0 Å². The van der Waals surface area contributed by atoms with E-state index in [1.807, 2.05) is 30.3 Å². The standard InChI is InChI=1S/C20H31NO4/c1-3-4-5-6-7-8-12-15-25-19(22)18(21-20(23)24-2)16-17-13-10-9-11-14-17/h9-11,13-14,18H,3-8,12,15-16H2,1-2H3,(H,21,23). The molecule has 140 valence electrons. The second kappa shape index (κ2) is 13.3. The molecule has 0 aromatic heterocycles. The third-order valence-corrected chi connectivity index (χ3v) is 4.04. The van der Waals surface area contributed by atoms with E-state index in [1.165, 1.54) is 39.2 Å². The van der Waals surface area contributed by atoms with Gasteiger partial charge in [-0.1, -0.05) is 75.8 Å². The number of esters is 1. The molecule has 1 atom stereocenters. The smallest absolute Gasteiger partial charge is 0.407 e. The average molecular weight is 349 g/mol. The van der Waals surface area contributed by atoms with Gasteiger partial charge in [-0.25, -0.2) is 9.59 Å². The van der Waals surface area contributed by atoms with Crippen LogP contribution in [0.5, 0.6) is 0 Å². The molecule has 1 amide bonds. The van der Waals surface area contributed by atoms with Crippen molar-refractivity contribution in [1.82, 2.24) is 5.32 Å². The summed E-state index contributed by atoms with van der Waals surface area (Å²) in [5, 5.41) is 2.55. The Hall–Kier alpha value is -2.04. The molecule has 0 saturated carbocycles. The maximum absolute atomic E-state index is 12.3. The molecule has 25 heavy (non-hydrogen) atoms. The maximum atomic E-state index is 12.3. The molecule has 0 bridgehead atoms. The molecule has 0 aliphatic carbocycles. The van der Waals surface area contributed by atoms with Crippen molar-refractivity contribution in [1.29, 1.82) is 0 Å². The van der Waals surface area contributed by atoms with Crippen molar-refractivity contribution >= 4 is 12.1 Å². The zero-order valence-electron chi connectivity index (χ0n) is 15.5. The number of carbonyl (C=O) groups is 2. The number of unbranched alkanes of at least 4 members (excludes halogenated alkanes) is 6. The molecule has 0 heterocycles. The number of carbonyl (C=O) groups excluding carboxylic acids is 2. The van der Waals surface area contributed by atoms with Gasteiger partial charge in [-0.2, -0.15) is 0 Å². The van der Waals surface area contributed by atoms with Gasteiger partial charge in [0.05, 0.1) is 13.7 Å². The molecule has 0 spiro atoms. The van der Waals surface area contributed by atoms with Crippen molar-refractivity contribution in [3.05, 3.63) is 35.9 Å². The van der Waals surface area contributed by atoms with E-state index in [-0.39, 0.29) is 0 Å². The summed E-state index contributed by atoms with van der Waals surface area (Å²) in [6, 6.07) is 8.79. The molecule has 0 aliphatic heterocycles. The van der Waals surface area contributed by atoms with Gasteiger partial charge in [-0.15, -0.1) is 0 Å². The first-order chi connectivity index (χ1) is 12.2. The van der Waals surface area contributed by atoms with Crippen molar-refractivity contribution < 1.29 is 19.1 Å². The van der Waals surface area contributed by atoms with Gasteiger partial charge in [-0.3, -0.25) is 0 Å². The maximum Gasteiger partial charge on any atom is 0.407 e. The number of methoxy groups -OCH3 is 1. The number of nitrogens with one attached hydrogen (secondary N) is 1. The van der Waals surface area contributed by atoms with E-state index in [0.717, 1.165) is 18.4 Å². The van der Waals surface area contributed by atoms with Crippen LogP contribution in [0.3, 0.4) is 0 Å². The Bertz CT molecular complexity index is 490. The minimum Gasteiger partial charge on any atom is -0.464 e. The number of hydrogen-bond donors (Lipinski definition) is 1. The number of amides is 1. The summed E-state index contributed by atoms with van der Waals surface area (Å²) < 4.78 is 9.94. The summed E-state index contributed by atoms with van der Waals surface area (Å²) in [7, 11) is 1.28. The quantitative estimate of drug-likeness (QED) is 0.453. The van der Waals surface area contributed by atoms with E-state index in [1.54, 1.807) is 0 Å². The van der Waals surface area contributed by atoms with E-state index < -0.39 is 18.1 Å². The summed E-state index contributed by atoms with van der Waals surface area (Å²) in [6.45, 7) is 2.59.